The topological polar surface area (TPSA) is 35.3 Å². The molecule has 14 heavy (non-hydrogen) atoms. The lowest BCUT2D eigenvalue weighted by molar-refractivity contribution is 0.0900. The fourth-order valence-corrected chi connectivity index (χ4v) is 1.16. The van der Waals surface area contributed by atoms with Gasteiger partial charge < -0.3 is 9.15 Å². The van der Waals surface area contributed by atoms with Crippen molar-refractivity contribution in [3.05, 3.63) is 24.3 Å². The number of nitrogens with zero attached hydrogens (tertiary/aromatic N) is 1. The Morgan fingerprint density at radius 2 is 1.93 bits per heavy atom. The molecule has 0 radical (unpaired) electrons. The zero-order valence-corrected chi connectivity index (χ0v) is 8.57. The van der Waals surface area contributed by atoms with Crippen molar-refractivity contribution in [2.75, 3.05) is 0 Å². The second-order valence-electron chi connectivity index (χ2n) is 4.16. The van der Waals surface area contributed by atoms with Crippen molar-refractivity contribution in [2.24, 2.45) is 0 Å². The van der Waals surface area contributed by atoms with E-state index in [-0.39, 0.29) is 5.60 Å². The molecule has 0 amide bonds. The van der Waals surface area contributed by atoms with E-state index in [9.17, 15) is 0 Å². The van der Waals surface area contributed by atoms with Gasteiger partial charge in [-0.15, -0.1) is 0 Å². The molecule has 0 atom stereocenters. The summed E-state index contributed by atoms with van der Waals surface area (Å²) >= 11 is 0. The molecule has 0 aliphatic rings. The fraction of sp³-hybridized carbons (Fsp3) is 0.364. The lowest BCUT2D eigenvalue weighted by Crippen LogP contribution is -2.23. The number of fused-ring (bicyclic) bond motifs is 1. The first-order valence-corrected chi connectivity index (χ1v) is 4.59. The van der Waals surface area contributed by atoms with Crippen molar-refractivity contribution in [3.8, 4) is 6.08 Å². The summed E-state index contributed by atoms with van der Waals surface area (Å²) in [5.74, 6) is 0. The molecular formula is C11H13NO2. The largest absolute Gasteiger partial charge is 0.444 e. The average Bonchev–Trinajstić information content (AvgIpc) is 2.42. The molecule has 0 aliphatic carbocycles. The zero-order valence-electron chi connectivity index (χ0n) is 8.57. The van der Waals surface area contributed by atoms with Crippen LogP contribution in [0.5, 0.6) is 6.08 Å². The van der Waals surface area contributed by atoms with Crippen molar-refractivity contribution < 1.29 is 9.15 Å². The molecule has 2 aromatic rings. The summed E-state index contributed by atoms with van der Waals surface area (Å²) in [5.41, 5.74) is 1.31. The van der Waals surface area contributed by atoms with E-state index in [0.717, 1.165) is 11.1 Å². The van der Waals surface area contributed by atoms with Crippen LogP contribution in [-0.4, -0.2) is 10.6 Å². The summed E-state index contributed by atoms with van der Waals surface area (Å²) in [6, 6.07) is 7.60. The van der Waals surface area contributed by atoms with E-state index in [1.54, 1.807) is 0 Å². The molecule has 1 aromatic heterocycles. The number of oxazole rings is 1. The Labute approximate surface area is 82.7 Å². The van der Waals surface area contributed by atoms with Crippen LogP contribution < -0.4 is 4.74 Å². The fourth-order valence-electron chi connectivity index (χ4n) is 1.16. The third-order valence-corrected chi connectivity index (χ3v) is 1.67. The van der Waals surface area contributed by atoms with E-state index in [0.29, 0.717) is 6.08 Å². The van der Waals surface area contributed by atoms with Crippen LogP contribution in [0.15, 0.2) is 28.7 Å². The van der Waals surface area contributed by atoms with Crippen LogP contribution in [-0.2, 0) is 0 Å². The van der Waals surface area contributed by atoms with Crippen molar-refractivity contribution in [1.29, 1.82) is 0 Å². The van der Waals surface area contributed by atoms with Gasteiger partial charge in [0.1, 0.15) is 11.1 Å². The highest BCUT2D eigenvalue weighted by molar-refractivity contribution is 5.72. The SMILES string of the molecule is CC(C)(C)Oc1nc2ccccc2o1. The molecule has 0 unspecified atom stereocenters. The summed E-state index contributed by atoms with van der Waals surface area (Å²) in [4.78, 5) is 4.21. The van der Waals surface area contributed by atoms with Crippen molar-refractivity contribution in [3.63, 3.8) is 0 Å². The summed E-state index contributed by atoms with van der Waals surface area (Å²) in [6.07, 6.45) is 0.332. The summed E-state index contributed by atoms with van der Waals surface area (Å²) < 4.78 is 10.9. The minimum Gasteiger partial charge on any atom is -0.444 e. The first-order valence-electron chi connectivity index (χ1n) is 4.59. The average molecular weight is 191 g/mol. The number of benzene rings is 1. The first kappa shape index (κ1) is 9.06. The van der Waals surface area contributed by atoms with Gasteiger partial charge in [0.15, 0.2) is 5.58 Å². The minimum atomic E-state index is -0.277. The van der Waals surface area contributed by atoms with Gasteiger partial charge in [0.25, 0.3) is 0 Å². The van der Waals surface area contributed by atoms with Crippen LogP contribution in [0.1, 0.15) is 20.8 Å². The van der Waals surface area contributed by atoms with Gasteiger partial charge in [-0.2, -0.15) is 4.98 Å². The second-order valence-corrected chi connectivity index (χ2v) is 4.16. The second kappa shape index (κ2) is 3.01. The van der Waals surface area contributed by atoms with Crippen LogP contribution in [0.25, 0.3) is 11.1 Å². The van der Waals surface area contributed by atoms with Crippen LogP contribution in [0.4, 0.5) is 0 Å². The molecule has 1 heterocycles. The molecule has 3 nitrogen and oxygen atoms in total. The monoisotopic (exact) mass is 191 g/mol. The first-order chi connectivity index (χ1) is 6.54. The Bertz CT molecular complexity index is 407. The number of hydrogen-bond donors (Lipinski definition) is 0. The third-order valence-electron chi connectivity index (χ3n) is 1.67. The lowest BCUT2D eigenvalue weighted by atomic mass is 10.2. The van der Waals surface area contributed by atoms with Crippen LogP contribution in [0, 0.1) is 0 Å². The van der Waals surface area contributed by atoms with Gasteiger partial charge >= 0.3 is 6.08 Å². The molecule has 74 valence electrons. The van der Waals surface area contributed by atoms with Gasteiger partial charge in [0.05, 0.1) is 0 Å². The van der Waals surface area contributed by atoms with Gasteiger partial charge in [-0.25, -0.2) is 0 Å². The van der Waals surface area contributed by atoms with E-state index >= 15 is 0 Å². The maximum absolute atomic E-state index is 5.51. The van der Waals surface area contributed by atoms with Gasteiger partial charge in [-0.3, -0.25) is 0 Å². The number of hydrogen-bond acceptors (Lipinski definition) is 3. The summed E-state index contributed by atoms with van der Waals surface area (Å²) in [5, 5.41) is 0. The predicted octanol–water partition coefficient (Wildman–Crippen LogP) is 3.01. The Balaban J connectivity index is 2.36. The number of aromatic nitrogens is 1. The molecule has 2 rings (SSSR count). The summed E-state index contributed by atoms with van der Waals surface area (Å²) in [7, 11) is 0. The highest BCUT2D eigenvalue weighted by atomic mass is 16.6. The molecule has 0 fully saturated rings. The van der Waals surface area contributed by atoms with Crippen LogP contribution in [0.2, 0.25) is 0 Å². The molecule has 0 aliphatic heterocycles. The molecule has 0 saturated carbocycles. The van der Waals surface area contributed by atoms with Gasteiger partial charge in [-0.1, -0.05) is 12.1 Å². The molecule has 0 N–H and O–H groups in total. The number of ether oxygens (including phenoxy) is 1. The summed E-state index contributed by atoms with van der Waals surface area (Å²) in [6.45, 7) is 5.88. The molecule has 0 bridgehead atoms. The molecular weight excluding hydrogens is 178 g/mol. The van der Waals surface area contributed by atoms with Crippen LogP contribution in [0.3, 0.4) is 0 Å². The molecule has 0 saturated heterocycles. The van der Waals surface area contributed by atoms with Gasteiger partial charge in [0, 0.05) is 0 Å². The van der Waals surface area contributed by atoms with E-state index in [2.05, 4.69) is 4.98 Å². The van der Waals surface area contributed by atoms with Crippen molar-refractivity contribution in [2.45, 2.75) is 26.4 Å². The third kappa shape index (κ3) is 1.87. The molecule has 3 heteroatoms. The van der Waals surface area contributed by atoms with Crippen molar-refractivity contribution in [1.82, 2.24) is 4.98 Å². The van der Waals surface area contributed by atoms with E-state index < -0.39 is 0 Å². The quantitative estimate of drug-likeness (QED) is 0.695. The standard InChI is InChI=1S/C11H13NO2/c1-11(2,3)14-10-12-8-6-4-5-7-9(8)13-10/h4-7H,1-3H3. The minimum absolute atomic E-state index is 0.277. The Morgan fingerprint density at radius 1 is 1.21 bits per heavy atom. The van der Waals surface area contributed by atoms with Gasteiger partial charge in [-0.05, 0) is 32.9 Å². The predicted molar refractivity (Wildman–Crippen MR) is 54.4 cm³/mol. The number of para-hydroxylation sites is 2. The van der Waals surface area contributed by atoms with Gasteiger partial charge in [0.2, 0.25) is 0 Å². The smallest absolute Gasteiger partial charge is 0.395 e. The Kier molecular flexibility index (Phi) is 1.95. The highest BCUT2D eigenvalue weighted by Gasteiger charge is 2.16. The molecule has 1 aromatic carbocycles. The van der Waals surface area contributed by atoms with E-state index in [1.807, 2.05) is 45.0 Å². The normalized spacial score (nSPS) is 11.9. The molecule has 0 spiro atoms. The van der Waals surface area contributed by atoms with Crippen LogP contribution >= 0.6 is 0 Å². The van der Waals surface area contributed by atoms with E-state index in [4.69, 9.17) is 9.15 Å². The van der Waals surface area contributed by atoms with Crippen molar-refractivity contribution >= 4 is 11.1 Å². The zero-order chi connectivity index (χ0) is 10.2. The van der Waals surface area contributed by atoms with E-state index in [1.165, 1.54) is 0 Å². The highest BCUT2D eigenvalue weighted by Crippen LogP contribution is 2.22. The maximum Gasteiger partial charge on any atom is 0.395 e. The Morgan fingerprint density at radius 3 is 2.57 bits per heavy atom. The lowest BCUT2D eigenvalue weighted by Gasteiger charge is -2.17. The Hall–Kier alpha value is -1.51. The number of rotatable bonds is 1. The maximum atomic E-state index is 5.51.